The molecule has 10 aromatic rings. The summed E-state index contributed by atoms with van der Waals surface area (Å²) in [5.41, 5.74) is 9.07. The number of allylic oxidation sites excluding steroid dienone is 2. The van der Waals surface area contributed by atoms with E-state index in [1.807, 2.05) is 72.8 Å². The summed E-state index contributed by atoms with van der Waals surface area (Å²) in [7, 11) is 0. The van der Waals surface area contributed by atoms with Crippen LogP contribution in [0.5, 0.6) is 0 Å². The number of hydrogen-bond acceptors (Lipinski definition) is 5. The Morgan fingerprint density at radius 3 is 1.94 bits per heavy atom. The molecule has 7 aromatic carbocycles. The first-order valence-corrected chi connectivity index (χ1v) is 17.9. The number of rotatable bonds is 7. The van der Waals surface area contributed by atoms with Gasteiger partial charge in [0.25, 0.3) is 0 Å². The van der Waals surface area contributed by atoms with Gasteiger partial charge in [0.05, 0.1) is 5.56 Å². The minimum Gasteiger partial charge on any atom is -0.456 e. The lowest BCUT2D eigenvalue weighted by atomic mass is 9.96. The maximum absolute atomic E-state index is 6.64. The number of hydrogen-bond donors (Lipinski definition) is 0. The van der Waals surface area contributed by atoms with Crippen molar-refractivity contribution in [2.75, 3.05) is 0 Å². The van der Waals surface area contributed by atoms with Crippen LogP contribution in [0.15, 0.2) is 185 Å². The Labute approximate surface area is 311 Å². The van der Waals surface area contributed by atoms with E-state index in [9.17, 15) is 0 Å². The van der Waals surface area contributed by atoms with Gasteiger partial charge >= 0.3 is 0 Å². The molecule has 0 aliphatic heterocycles. The standard InChI is InChI=1S/C49H31N3O2/c1-2-3-21-43-45(44-38(18-12-23-42(44)53-43)40-20-11-19-39-37-17-9-10-22-41(37)54-46(39)40)49-51-47(34-27-24-33(25-28-34)31-13-5-4-6-14-31)50-48(52-49)36-29-26-32-15-7-8-16-35(32)30-36/h2-30H,1H2/b21-3-. The van der Waals surface area contributed by atoms with Crippen LogP contribution in [0.1, 0.15) is 5.76 Å². The van der Waals surface area contributed by atoms with Gasteiger partial charge in [0.2, 0.25) is 0 Å². The SMILES string of the molecule is C=C/C=C\c1oc2cccc(-c3cccc4c3oc3ccccc34)c2c1-c1nc(-c2ccc(-c3ccccc3)cc2)nc(-c2ccc3ccccc3c2)n1. The van der Waals surface area contributed by atoms with Crippen LogP contribution < -0.4 is 0 Å². The van der Waals surface area contributed by atoms with Crippen LogP contribution in [0, 0.1) is 0 Å². The van der Waals surface area contributed by atoms with Crippen LogP contribution in [0.3, 0.4) is 0 Å². The zero-order valence-corrected chi connectivity index (χ0v) is 29.1. The maximum Gasteiger partial charge on any atom is 0.168 e. The van der Waals surface area contributed by atoms with E-state index in [-0.39, 0.29) is 0 Å². The van der Waals surface area contributed by atoms with Crippen molar-refractivity contribution >= 4 is 49.8 Å². The van der Waals surface area contributed by atoms with Gasteiger partial charge in [-0.25, -0.2) is 15.0 Å². The lowest BCUT2D eigenvalue weighted by molar-refractivity contribution is 0.605. The highest BCUT2D eigenvalue weighted by atomic mass is 16.3. The van der Waals surface area contributed by atoms with Crippen LogP contribution >= 0.6 is 0 Å². The van der Waals surface area contributed by atoms with Gasteiger partial charge in [-0.3, -0.25) is 0 Å². The molecule has 5 nitrogen and oxygen atoms in total. The minimum absolute atomic E-state index is 0.502. The Hall–Kier alpha value is -7.37. The van der Waals surface area contributed by atoms with E-state index in [0.717, 1.165) is 77.0 Å². The van der Waals surface area contributed by atoms with Gasteiger partial charge < -0.3 is 8.83 Å². The Morgan fingerprint density at radius 1 is 0.463 bits per heavy atom. The molecular weight excluding hydrogens is 663 g/mol. The summed E-state index contributed by atoms with van der Waals surface area (Å²) in [4.78, 5) is 15.6. The van der Waals surface area contributed by atoms with Gasteiger partial charge in [-0.2, -0.15) is 0 Å². The van der Waals surface area contributed by atoms with Gasteiger partial charge in [0, 0.05) is 32.8 Å². The highest BCUT2D eigenvalue weighted by Gasteiger charge is 2.24. The molecule has 0 fully saturated rings. The molecule has 0 saturated carbocycles. The molecule has 0 aliphatic rings. The van der Waals surface area contributed by atoms with Gasteiger partial charge in [-0.1, -0.05) is 158 Å². The smallest absolute Gasteiger partial charge is 0.168 e. The number of furan rings is 2. The molecule has 5 heteroatoms. The highest BCUT2D eigenvalue weighted by Crippen LogP contribution is 2.44. The fourth-order valence-corrected chi connectivity index (χ4v) is 7.36. The highest BCUT2D eigenvalue weighted by molar-refractivity contribution is 6.14. The third-order valence-corrected chi connectivity index (χ3v) is 9.94. The normalized spacial score (nSPS) is 11.7. The number of nitrogens with zero attached hydrogens (tertiary/aromatic N) is 3. The van der Waals surface area contributed by atoms with Crippen LogP contribution in [0.4, 0.5) is 0 Å². The summed E-state index contributed by atoms with van der Waals surface area (Å²) in [6.45, 7) is 3.93. The second-order valence-electron chi connectivity index (χ2n) is 13.2. The van der Waals surface area contributed by atoms with Crippen LogP contribution in [-0.4, -0.2) is 15.0 Å². The van der Waals surface area contributed by atoms with Crippen molar-refractivity contribution in [3.63, 3.8) is 0 Å². The van der Waals surface area contributed by atoms with Gasteiger partial charge in [0.15, 0.2) is 17.5 Å². The third kappa shape index (κ3) is 5.38. The molecular formula is C49H31N3O2. The summed E-state index contributed by atoms with van der Waals surface area (Å²) < 4.78 is 13.2. The van der Waals surface area contributed by atoms with Gasteiger partial charge in [0.1, 0.15) is 22.5 Å². The molecule has 0 bridgehead atoms. The van der Waals surface area contributed by atoms with Crippen molar-refractivity contribution < 1.29 is 8.83 Å². The zero-order chi connectivity index (χ0) is 36.0. The molecule has 0 unspecified atom stereocenters. The molecule has 10 rings (SSSR count). The second kappa shape index (κ2) is 13.0. The lowest BCUT2D eigenvalue weighted by Crippen LogP contribution is -2.01. The number of fused-ring (bicyclic) bond motifs is 5. The molecule has 3 heterocycles. The molecule has 0 amide bonds. The van der Waals surface area contributed by atoms with Crippen molar-refractivity contribution in [1.29, 1.82) is 0 Å². The molecule has 0 radical (unpaired) electrons. The molecule has 0 aliphatic carbocycles. The third-order valence-electron chi connectivity index (χ3n) is 9.94. The van der Waals surface area contributed by atoms with Gasteiger partial charge in [-0.15, -0.1) is 0 Å². The fraction of sp³-hybridized carbons (Fsp3) is 0. The lowest BCUT2D eigenvalue weighted by Gasteiger charge is -2.11. The second-order valence-corrected chi connectivity index (χ2v) is 13.2. The molecule has 0 spiro atoms. The van der Waals surface area contributed by atoms with Crippen molar-refractivity contribution in [3.05, 3.63) is 182 Å². The molecule has 0 saturated heterocycles. The van der Waals surface area contributed by atoms with E-state index >= 15 is 0 Å². The predicted octanol–water partition coefficient (Wildman–Crippen LogP) is 13.2. The number of para-hydroxylation sites is 2. The minimum atomic E-state index is 0.502. The average molecular weight is 694 g/mol. The van der Waals surface area contributed by atoms with Gasteiger partial charge in [-0.05, 0) is 51.7 Å². The van der Waals surface area contributed by atoms with Crippen LogP contribution in [0.25, 0.3) is 106 Å². The summed E-state index contributed by atoms with van der Waals surface area (Å²) in [6, 6.07) is 53.9. The largest absolute Gasteiger partial charge is 0.456 e. The number of aromatic nitrogens is 3. The first-order valence-electron chi connectivity index (χ1n) is 17.9. The van der Waals surface area contributed by atoms with Crippen LogP contribution in [-0.2, 0) is 0 Å². The summed E-state index contributed by atoms with van der Waals surface area (Å²) in [5.74, 6) is 2.25. The molecule has 254 valence electrons. The van der Waals surface area contributed by atoms with Crippen molar-refractivity contribution in [2.45, 2.75) is 0 Å². The Bertz CT molecular complexity index is 3060. The van der Waals surface area contributed by atoms with E-state index in [1.54, 1.807) is 6.08 Å². The first-order chi connectivity index (χ1) is 26.7. The topological polar surface area (TPSA) is 65.0 Å². The Morgan fingerprint density at radius 2 is 1.09 bits per heavy atom. The molecule has 54 heavy (non-hydrogen) atoms. The molecule has 3 aromatic heterocycles. The van der Waals surface area contributed by atoms with E-state index in [1.165, 1.54) is 0 Å². The van der Waals surface area contributed by atoms with E-state index in [2.05, 4.69) is 104 Å². The number of benzene rings is 7. The quantitative estimate of drug-likeness (QED) is 0.155. The zero-order valence-electron chi connectivity index (χ0n) is 29.1. The summed E-state index contributed by atoms with van der Waals surface area (Å²) >= 11 is 0. The fourth-order valence-electron chi connectivity index (χ4n) is 7.36. The summed E-state index contributed by atoms with van der Waals surface area (Å²) in [6.07, 6.45) is 5.53. The van der Waals surface area contributed by atoms with Crippen LogP contribution in [0.2, 0.25) is 0 Å². The molecule has 0 N–H and O–H groups in total. The molecule has 0 atom stereocenters. The predicted molar refractivity (Wildman–Crippen MR) is 221 cm³/mol. The monoisotopic (exact) mass is 693 g/mol. The van der Waals surface area contributed by atoms with Crippen molar-refractivity contribution in [1.82, 2.24) is 15.0 Å². The van der Waals surface area contributed by atoms with E-state index in [4.69, 9.17) is 23.8 Å². The van der Waals surface area contributed by atoms with E-state index in [0.29, 0.717) is 28.8 Å². The maximum atomic E-state index is 6.64. The first kappa shape index (κ1) is 31.4. The summed E-state index contributed by atoms with van der Waals surface area (Å²) in [5, 5.41) is 5.26. The Kier molecular flexibility index (Phi) is 7.55. The average Bonchev–Trinajstić information content (AvgIpc) is 3.82. The van der Waals surface area contributed by atoms with Crippen molar-refractivity contribution in [3.8, 4) is 56.4 Å². The van der Waals surface area contributed by atoms with Crippen molar-refractivity contribution in [2.24, 2.45) is 0 Å². The Balaban J connectivity index is 1.23. The van der Waals surface area contributed by atoms with E-state index < -0.39 is 0 Å².